The molecule has 0 bridgehead atoms. The van der Waals surface area contributed by atoms with Crippen LogP contribution in [0.25, 0.3) is 0 Å². The second kappa shape index (κ2) is 6.49. The number of sulfone groups is 1. The fourth-order valence-electron chi connectivity index (χ4n) is 1.95. The van der Waals surface area contributed by atoms with Gasteiger partial charge in [0, 0.05) is 24.0 Å². The summed E-state index contributed by atoms with van der Waals surface area (Å²) in [5, 5.41) is 1.87. The summed E-state index contributed by atoms with van der Waals surface area (Å²) in [6.07, 6.45) is 1.04. The van der Waals surface area contributed by atoms with Gasteiger partial charge in [0.1, 0.15) is 17.4 Å². The standard InChI is InChI=1S/C13H19F2NO3S/c1-5-16-13(8(2)20(4,17)18)12-10(14)6-9(19-3)7-11(12)15/h6-8,13,16H,5H2,1-4H3. The van der Waals surface area contributed by atoms with Gasteiger partial charge in [0.25, 0.3) is 0 Å². The quantitative estimate of drug-likeness (QED) is 0.874. The van der Waals surface area contributed by atoms with Crippen LogP contribution in [0.4, 0.5) is 8.78 Å². The van der Waals surface area contributed by atoms with Crippen LogP contribution >= 0.6 is 0 Å². The third-order valence-electron chi connectivity index (χ3n) is 3.17. The third-order valence-corrected chi connectivity index (χ3v) is 4.79. The van der Waals surface area contributed by atoms with Gasteiger partial charge in [0.2, 0.25) is 0 Å². The van der Waals surface area contributed by atoms with Crippen LogP contribution < -0.4 is 10.1 Å². The van der Waals surface area contributed by atoms with Crippen LogP contribution in [0.5, 0.6) is 5.75 Å². The molecule has 1 aromatic rings. The van der Waals surface area contributed by atoms with Crippen molar-refractivity contribution in [2.45, 2.75) is 25.1 Å². The van der Waals surface area contributed by atoms with E-state index in [1.807, 2.05) is 0 Å². The highest BCUT2D eigenvalue weighted by Crippen LogP contribution is 2.29. The molecule has 0 spiro atoms. The van der Waals surface area contributed by atoms with Crippen molar-refractivity contribution in [3.05, 3.63) is 29.3 Å². The van der Waals surface area contributed by atoms with E-state index < -0.39 is 32.8 Å². The Kier molecular flexibility index (Phi) is 5.47. The van der Waals surface area contributed by atoms with E-state index in [4.69, 9.17) is 4.74 Å². The third kappa shape index (κ3) is 3.67. The van der Waals surface area contributed by atoms with Gasteiger partial charge in [-0.2, -0.15) is 0 Å². The number of hydrogen-bond acceptors (Lipinski definition) is 4. The maximum absolute atomic E-state index is 14.1. The second-order valence-electron chi connectivity index (χ2n) is 4.57. The molecule has 0 aliphatic carbocycles. The number of nitrogens with one attached hydrogen (secondary N) is 1. The lowest BCUT2D eigenvalue weighted by Gasteiger charge is -2.25. The molecule has 7 heteroatoms. The minimum Gasteiger partial charge on any atom is -0.497 e. The first kappa shape index (κ1) is 16.8. The molecule has 0 aromatic heterocycles. The van der Waals surface area contributed by atoms with Gasteiger partial charge < -0.3 is 10.1 Å². The number of halogens is 2. The summed E-state index contributed by atoms with van der Waals surface area (Å²) in [7, 11) is -2.15. The first-order chi connectivity index (χ1) is 9.22. The lowest BCUT2D eigenvalue weighted by molar-refractivity contribution is 0.400. The fourth-order valence-corrected chi connectivity index (χ4v) is 2.67. The first-order valence-corrected chi connectivity index (χ1v) is 8.13. The lowest BCUT2D eigenvalue weighted by atomic mass is 10.0. The molecule has 2 atom stereocenters. The molecular formula is C13H19F2NO3S. The number of hydrogen-bond donors (Lipinski definition) is 1. The van der Waals surface area contributed by atoms with Crippen molar-refractivity contribution in [1.82, 2.24) is 5.32 Å². The van der Waals surface area contributed by atoms with E-state index in [-0.39, 0.29) is 11.3 Å². The molecule has 20 heavy (non-hydrogen) atoms. The molecule has 1 N–H and O–H groups in total. The molecule has 0 saturated carbocycles. The average molecular weight is 307 g/mol. The average Bonchev–Trinajstić information content (AvgIpc) is 2.34. The van der Waals surface area contributed by atoms with E-state index in [0.717, 1.165) is 18.4 Å². The Balaban J connectivity index is 3.36. The van der Waals surface area contributed by atoms with Crippen molar-refractivity contribution >= 4 is 9.84 Å². The predicted octanol–water partition coefficient (Wildman–Crippen LogP) is 2.06. The van der Waals surface area contributed by atoms with Gasteiger partial charge in [-0.3, -0.25) is 0 Å². The van der Waals surface area contributed by atoms with Crippen molar-refractivity contribution in [2.24, 2.45) is 0 Å². The van der Waals surface area contributed by atoms with Gasteiger partial charge in [0.05, 0.1) is 18.4 Å². The van der Waals surface area contributed by atoms with E-state index >= 15 is 0 Å². The normalized spacial score (nSPS) is 14.9. The van der Waals surface area contributed by atoms with E-state index in [0.29, 0.717) is 6.54 Å². The molecule has 0 fully saturated rings. The minimum absolute atomic E-state index is 0.0472. The molecule has 0 aliphatic rings. The molecule has 1 aromatic carbocycles. The monoisotopic (exact) mass is 307 g/mol. The number of ether oxygens (including phenoxy) is 1. The summed E-state index contributed by atoms with van der Waals surface area (Å²) in [6, 6.07) is 1.12. The molecule has 1 rings (SSSR count). The first-order valence-electron chi connectivity index (χ1n) is 6.17. The SMILES string of the molecule is CCNC(c1c(F)cc(OC)cc1F)C(C)S(C)(=O)=O. The zero-order valence-electron chi connectivity index (χ0n) is 11.9. The summed E-state index contributed by atoms with van der Waals surface area (Å²) in [6.45, 7) is 3.54. The van der Waals surface area contributed by atoms with Crippen molar-refractivity contribution in [3.63, 3.8) is 0 Å². The maximum atomic E-state index is 14.1. The summed E-state index contributed by atoms with van der Waals surface area (Å²) < 4.78 is 56.2. The fraction of sp³-hybridized carbons (Fsp3) is 0.538. The lowest BCUT2D eigenvalue weighted by Crippen LogP contribution is -2.36. The molecule has 114 valence electrons. The van der Waals surface area contributed by atoms with Crippen LogP contribution in [0.2, 0.25) is 0 Å². The topological polar surface area (TPSA) is 55.4 Å². The van der Waals surface area contributed by atoms with Crippen molar-refractivity contribution in [2.75, 3.05) is 19.9 Å². The number of rotatable bonds is 6. The predicted molar refractivity (Wildman–Crippen MR) is 73.6 cm³/mol. The highest BCUT2D eigenvalue weighted by Gasteiger charge is 2.31. The van der Waals surface area contributed by atoms with Gasteiger partial charge in [-0.15, -0.1) is 0 Å². The Morgan fingerprint density at radius 3 is 2.15 bits per heavy atom. The Morgan fingerprint density at radius 1 is 1.30 bits per heavy atom. The summed E-state index contributed by atoms with van der Waals surface area (Å²) >= 11 is 0. The summed E-state index contributed by atoms with van der Waals surface area (Å²) in [5.74, 6) is -1.61. The molecule has 4 nitrogen and oxygen atoms in total. The van der Waals surface area contributed by atoms with Gasteiger partial charge in [-0.05, 0) is 13.5 Å². The zero-order chi connectivity index (χ0) is 15.5. The molecule has 0 aliphatic heterocycles. The highest BCUT2D eigenvalue weighted by atomic mass is 32.2. The summed E-state index contributed by atoms with van der Waals surface area (Å²) in [4.78, 5) is 0. The Labute approximate surface area is 118 Å². The van der Waals surface area contributed by atoms with Gasteiger partial charge in [0.15, 0.2) is 9.84 Å². The number of methoxy groups -OCH3 is 1. The molecule has 0 amide bonds. The molecule has 0 saturated heterocycles. The maximum Gasteiger partial charge on any atom is 0.151 e. The Bertz CT molecular complexity index is 552. The van der Waals surface area contributed by atoms with Crippen LogP contribution in [0, 0.1) is 11.6 Å². The smallest absolute Gasteiger partial charge is 0.151 e. The van der Waals surface area contributed by atoms with Gasteiger partial charge in [-0.25, -0.2) is 17.2 Å². The van der Waals surface area contributed by atoms with Crippen LogP contribution in [-0.2, 0) is 9.84 Å². The van der Waals surface area contributed by atoms with Crippen molar-refractivity contribution < 1.29 is 21.9 Å². The van der Waals surface area contributed by atoms with E-state index in [2.05, 4.69) is 5.32 Å². The Morgan fingerprint density at radius 2 is 1.80 bits per heavy atom. The van der Waals surface area contributed by atoms with Crippen molar-refractivity contribution in [1.29, 1.82) is 0 Å². The minimum atomic E-state index is -3.45. The van der Waals surface area contributed by atoms with Crippen molar-refractivity contribution in [3.8, 4) is 5.75 Å². The Hall–Kier alpha value is -1.21. The molecule has 0 heterocycles. The van der Waals surface area contributed by atoms with E-state index in [9.17, 15) is 17.2 Å². The largest absolute Gasteiger partial charge is 0.497 e. The molecular weight excluding hydrogens is 288 g/mol. The zero-order valence-corrected chi connectivity index (χ0v) is 12.7. The van der Waals surface area contributed by atoms with Crippen LogP contribution in [0.1, 0.15) is 25.5 Å². The highest BCUT2D eigenvalue weighted by molar-refractivity contribution is 7.91. The molecule has 2 unspecified atom stereocenters. The van der Waals surface area contributed by atoms with Crippen LogP contribution in [-0.4, -0.2) is 33.6 Å². The molecule has 0 radical (unpaired) electrons. The summed E-state index contributed by atoms with van der Waals surface area (Å²) in [5.41, 5.74) is -0.287. The van der Waals surface area contributed by atoms with Gasteiger partial charge in [-0.1, -0.05) is 6.92 Å². The second-order valence-corrected chi connectivity index (χ2v) is 6.98. The van der Waals surface area contributed by atoms with Crippen LogP contribution in [0.15, 0.2) is 12.1 Å². The van der Waals surface area contributed by atoms with Crippen LogP contribution in [0.3, 0.4) is 0 Å². The number of benzene rings is 1. The van der Waals surface area contributed by atoms with Gasteiger partial charge >= 0.3 is 0 Å². The van der Waals surface area contributed by atoms with E-state index in [1.54, 1.807) is 6.92 Å². The van der Waals surface area contributed by atoms with E-state index in [1.165, 1.54) is 14.0 Å².